The van der Waals surface area contributed by atoms with Crippen LogP contribution in [0.1, 0.15) is 20.8 Å². The van der Waals surface area contributed by atoms with Gasteiger partial charge >= 0.3 is 0 Å². The number of aliphatic hydroxyl groups excluding tert-OH is 4. The predicted octanol–water partition coefficient (Wildman–Crippen LogP) is -3.13. The molecule has 0 aromatic heterocycles. The fraction of sp³-hybridized carbons (Fsp3) is 0.867. The number of rotatable bonds is 9. The molecule has 0 spiro atoms. The molecular weight excluding hydrogens is 336 g/mol. The van der Waals surface area contributed by atoms with Crippen molar-refractivity contribution in [2.24, 2.45) is 0 Å². The minimum atomic E-state index is -1.46. The highest BCUT2D eigenvalue weighted by Gasteiger charge is 2.46. The van der Waals surface area contributed by atoms with E-state index in [1.54, 1.807) is 6.92 Å². The van der Waals surface area contributed by atoms with Crippen LogP contribution in [0.25, 0.3) is 0 Å². The van der Waals surface area contributed by atoms with E-state index >= 15 is 0 Å². The standard InChI is InChI=1S/C15H28N2O8/c1-7(4-16-10(5-18)8(2)20)24-14-12(17-9(3)21)15(23)25-11(6-19)13(14)22/h5,7-8,10-16,19-20,22-23H,4,6H2,1-3H3,(H,17,21)/t7?,8-,10-,11-,12-,13-,14-,15+/m1/s1. The molecule has 1 aliphatic heterocycles. The first kappa shape index (κ1) is 21.9. The predicted molar refractivity (Wildman–Crippen MR) is 85.4 cm³/mol. The summed E-state index contributed by atoms with van der Waals surface area (Å²) in [4.78, 5) is 22.2. The van der Waals surface area contributed by atoms with Crippen molar-refractivity contribution in [2.45, 2.75) is 69.7 Å². The van der Waals surface area contributed by atoms with Gasteiger partial charge in [0.25, 0.3) is 0 Å². The Morgan fingerprint density at radius 3 is 2.48 bits per heavy atom. The lowest BCUT2D eigenvalue weighted by molar-refractivity contribution is -0.267. The molecule has 0 aromatic carbocycles. The zero-order valence-corrected chi connectivity index (χ0v) is 14.5. The van der Waals surface area contributed by atoms with E-state index in [0.29, 0.717) is 6.29 Å². The van der Waals surface area contributed by atoms with Crippen molar-refractivity contribution >= 4 is 12.2 Å². The van der Waals surface area contributed by atoms with Gasteiger partial charge in [0.2, 0.25) is 5.91 Å². The normalized spacial score (nSPS) is 33.3. The van der Waals surface area contributed by atoms with E-state index in [0.717, 1.165) is 0 Å². The number of ether oxygens (including phenoxy) is 2. The summed E-state index contributed by atoms with van der Waals surface area (Å²) in [5.74, 6) is -0.447. The number of nitrogens with one attached hydrogen (secondary N) is 2. The Labute approximate surface area is 146 Å². The molecule has 1 rings (SSSR count). The first-order valence-corrected chi connectivity index (χ1v) is 8.13. The van der Waals surface area contributed by atoms with Crippen LogP contribution >= 0.6 is 0 Å². The van der Waals surface area contributed by atoms with E-state index in [4.69, 9.17) is 9.47 Å². The van der Waals surface area contributed by atoms with E-state index in [9.17, 15) is 30.0 Å². The third-order valence-electron chi connectivity index (χ3n) is 3.94. The second kappa shape index (κ2) is 10.1. The van der Waals surface area contributed by atoms with Gasteiger partial charge in [0.15, 0.2) is 6.29 Å². The number of hydrogen-bond acceptors (Lipinski definition) is 9. The van der Waals surface area contributed by atoms with Crippen LogP contribution in [-0.2, 0) is 19.1 Å². The molecule has 1 fully saturated rings. The highest BCUT2D eigenvalue weighted by Crippen LogP contribution is 2.23. The largest absolute Gasteiger partial charge is 0.394 e. The average Bonchev–Trinajstić information content (AvgIpc) is 2.53. The number of amides is 1. The third kappa shape index (κ3) is 6.26. The molecule has 1 aliphatic rings. The van der Waals surface area contributed by atoms with Gasteiger partial charge in [0.1, 0.15) is 30.6 Å². The van der Waals surface area contributed by atoms with Gasteiger partial charge < -0.3 is 45.3 Å². The monoisotopic (exact) mass is 364 g/mol. The lowest BCUT2D eigenvalue weighted by atomic mass is 9.96. The molecule has 0 radical (unpaired) electrons. The maximum absolute atomic E-state index is 11.3. The minimum Gasteiger partial charge on any atom is -0.394 e. The molecule has 0 bridgehead atoms. The summed E-state index contributed by atoms with van der Waals surface area (Å²) in [5.41, 5.74) is 0. The number of hydrogen-bond donors (Lipinski definition) is 6. The summed E-state index contributed by atoms with van der Waals surface area (Å²) in [6, 6.07) is -1.80. The van der Waals surface area contributed by atoms with E-state index in [-0.39, 0.29) is 6.54 Å². The Balaban J connectivity index is 2.76. The zero-order valence-electron chi connectivity index (χ0n) is 14.5. The molecule has 0 aromatic rings. The molecule has 146 valence electrons. The van der Waals surface area contributed by atoms with Crippen LogP contribution in [-0.4, -0.2) is 94.7 Å². The highest BCUT2D eigenvalue weighted by atomic mass is 16.6. The van der Waals surface area contributed by atoms with Crippen molar-refractivity contribution in [1.29, 1.82) is 0 Å². The van der Waals surface area contributed by atoms with Crippen molar-refractivity contribution in [3.8, 4) is 0 Å². The highest BCUT2D eigenvalue weighted by molar-refractivity contribution is 5.73. The molecule has 10 heteroatoms. The van der Waals surface area contributed by atoms with Crippen LogP contribution in [0, 0.1) is 0 Å². The lowest BCUT2D eigenvalue weighted by Gasteiger charge is -2.43. The van der Waals surface area contributed by atoms with E-state index in [1.165, 1.54) is 13.8 Å². The topological polar surface area (TPSA) is 158 Å². The number of carbonyl (C=O) groups is 2. The Morgan fingerprint density at radius 2 is 2.00 bits per heavy atom. The van der Waals surface area contributed by atoms with Crippen LogP contribution in [0.2, 0.25) is 0 Å². The second-order valence-corrected chi connectivity index (χ2v) is 6.19. The molecule has 8 atom stereocenters. The summed E-state index contributed by atoms with van der Waals surface area (Å²) >= 11 is 0. The first-order valence-electron chi connectivity index (χ1n) is 8.13. The second-order valence-electron chi connectivity index (χ2n) is 6.19. The van der Waals surface area contributed by atoms with Crippen LogP contribution in [0.15, 0.2) is 0 Å². The fourth-order valence-electron chi connectivity index (χ4n) is 2.59. The van der Waals surface area contributed by atoms with Gasteiger partial charge in [-0.1, -0.05) is 0 Å². The molecule has 6 N–H and O–H groups in total. The average molecular weight is 364 g/mol. The number of aliphatic hydroxyl groups is 4. The Bertz CT molecular complexity index is 436. The van der Waals surface area contributed by atoms with Crippen LogP contribution in [0.4, 0.5) is 0 Å². The molecule has 25 heavy (non-hydrogen) atoms. The number of carbonyl (C=O) groups excluding carboxylic acids is 2. The maximum atomic E-state index is 11.3. The molecule has 1 unspecified atom stereocenters. The summed E-state index contributed by atoms with van der Waals surface area (Å²) < 4.78 is 10.8. The number of aldehydes is 1. The van der Waals surface area contributed by atoms with Gasteiger partial charge in [0.05, 0.1) is 24.9 Å². The maximum Gasteiger partial charge on any atom is 0.217 e. The van der Waals surface area contributed by atoms with E-state index in [1.807, 2.05) is 0 Å². The molecule has 10 nitrogen and oxygen atoms in total. The Hall–Kier alpha value is -1.14. The van der Waals surface area contributed by atoms with Crippen molar-refractivity contribution in [3.05, 3.63) is 0 Å². The van der Waals surface area contributed by atoms with Crippen molar-refractivity contribution in [2.75, 3.05) is 13.2 Å². The van der Waals surface area contributed by atoms with E-state index < -0.39 is 61.4 Å². The van der Waals surface area contributed by atoms with Gasteiger partial charge in [-0.2, -0.15) is 0 Å². The summed E-state index contributed by atoms with van der Waals surface area (Å²) in [7, 11) is 0. The van der Waals surface area contributed by atoms with Crippen LogP contribution in [0.5, 0.6) is 0 Å². The Morgan fingerprint density at radius 1 is 1.36 bits per heavy atom. The molecule has 0 aliphatic carbocycles. The van der Waals surface area contributed by atoms with Gasteiger partial charge in [0, 0.05) is 13.5 Å². The molecule has 0 saturated carbocycles. The first-order chi connectivity index (χ1) is 11.7. The van der Waals surface area contributed by atoms with Crippen LogP contribution < -0.4 is 10.6 Å². The summed E-state index contributed by atoms with van der Waals surface area (Å²) in [6.45, 7) is 4.01. The lowest BCUT2D eigenvalue weighted by Crippen LogP contribution is -2.65. The molecule has 1 amide bonds. The van der Waals surface area contributed by atoms with Gasteiger partial charge in [-0.05, 0) is 13.8 Å². The van der Waals surface area contributed by atoms with Crippen molar-refractivity contribution < 1.29 is 39.5 Å². The van der Waals surface area contributed by atoms with Gasteiger partial charge in [-0.3, -0.25) is 4.79 Å². The Kier molecular flexibility index (Phi) is 8.86. The van der Waals surface area contributed by atoms with Crippen LogP contribution in [0.3, 0.4) is 0 Å². The zero-order chi connectivity index (χ0) is 19.1. The molecule has 1 heterocycles. The SMILES string of the molecule is CC(=O)N[C@@H]1[C@@H](OC(C)CN[C@H](C=O)[C@@H](C)O)[C@H](O)[C@@H](CO)O[C@@H]1O. The van der Waals surface area contributed by atoms with Crippen molar-refractivity contribution in [1.82, 2.24) is 10.6 Å². The molecule has 1 saturated heterocycles. The smallest absolute Gasteiger partial charge is 0.217 e. The molecular formula is C15H28N2O8. The fourth-order valence-corrected chi connectivity index (χ4v) is 2.59. The summed E-state index contributed by atoms with van der Waals surface area (Å²) in [5, 5.41) is 44.3. The quantitative estimate of drug-likeness (QED) is 0.233. The minimum absolute atomic E-state index is 0.172. The van der Waals surface area contributed by atoms with Crippen molar-refractivity contribution in [3.63, 3.8) is 0 Å². The van der Waals surface area contributed by atoms with E-state index in [2.05, 4.69) is 10.6 Å². The van der Waals surface area contributed by atoms with Gasteiger partial charge in [-0.15, -0.1) is 0 Å². The summed E-state index contributed by atoms with van der Waals surface area (Å²) in [6.07, 6.45) is -5.70. The third-order valence-corrected chi connectivity index (χ3v) is 3.94. The van der Waals surface area contributed by atoms with Gasteiger partial charge in [-0.25, -0.2) is 0 Å².